The number of nitrogens with one attached hydrogen (secondary N) is 1. The van der Waals surface area contributed by atoms with Gasteiger partial charge in [0.1, 0.15) is 5.82 Å². The number of nitriles is 1. The fourth-order valence-corrected chi connectivity index (χ4v) is 7.06. The van der Waals surface area contributed by atoms with E-state index in [1.165, 1.54) is 23.1 Å². The number of nitrogens with zero attached hydrogens (tertiary/aromatic N) is 4. The average Bonchev–Trinajstić information content (AvgIpc) is 3.34. The van der Waals surface area contributed by atoms with Crippen LogP contribution in [0.3, 0.4) is 0 Å². The summed E-state index contributed by atoms with van der Waals surface area (Å²) in [7, 11) is 0. The van der Waals surface area contributed by atoms with E-state index in [0.717, 1.165) is 5.56 Å². The second-order valence-electron chi connectivity index (χ2n) is 10.2. The molecule has 2 aliphatic rings. The molecule has 0 radical (unpaired) electrons. The maximum Gasteiger partial charge on any atom is 0.234 e. The van der Waals surface area contributed by atoms with Gasteiger partial charge >= 0.3 is 0 Å². The summed E-state index contributed by atoms with van der Waals surface area (Å²) in [6.07, 6.45) is 0.892. The number of Topliss-reactive ketones (excluding diaryl/α,β-unsaturated/α-hetero) is 1. The first kappa shape index (κ1) is 28.2. The van der Waals surface area contributed by atoms with E-state index in [4.69, 9.17) is 28.9 Å². The monoisotopic (exact) mass is 610 g/mol. The minimum Gasteiger partial charge on any atom is -0.384 e. The van der Waals surface area contributed by atoms with Crippen molar-refractivity contribution in [3.8, 4) is 6.07 Å². The zero-order valence-corrected chi connectivity index (χ0v) is 24.7. The van der Waals surface area contributed by atoms with E-state index < -0.39 is 5.92 Å². The van der Waals surface area contributed by atoms with Crippen LogP contribution in [0.15, 0.2) is 75.5 Å². The van der Waals surface area contributed by atoms with Crippen molar-refractivity contribution in [3.63, 3.8) is 0 Å². The number of hydrogen-bond acceptors (Lipinski definition) is 9. The summed E-state index contributed by atoms with van der Waals surface area (Å²) >= 11 is 14.7. The first-order valence-corrected chi connectivity index (χ1v) is 14.9. The highest BCUT2D eigenvalue weighted by Gasteiger charge is 2.45. The first-order valence-electron chi connectivity index (χ1n) is 12.3. The molecule has 1 amide bonds. The zero-order valence-electron chi connectivity index (χ0n) is 21.6. The Morgan fingerprint density at radius 1 is 1.20 bits per heavy atom. The lowest BCUT2D eigenvalue weighted by Gasteiger charge is -2.42. The van der Waals surface area contributed by atoms with Gasteiger partial charge in [0.05, 0.1) is 23.3 Å². The maximum atomic E-state index is 13.6. The van der Waals surface area contributed by atoms with Crippen LogP contribution in [0.5, 0.6) is 0 Å². The van der Waals surface area contributed by atoms with Crippen LogP contribution in [0, 0.1) is 16.7 Å². The number of anilines is 2. The van der Waals surface area contributed by atoms with Crippen LogP contribution in [0.2, 0.25) is 10.0 Å². The lowest BCUT2D eigenvalue weighted by molar-refractivity contribution is -0.118. The molecule has 3 N–H and O–H groups in total. The molecule has 204 valence electrons. The number of hydrogen-bond donors (Lipinski definition) is 2. The van der Waals surface area contributed by atoms with Gasteiger partial charge in [-0.15, -0.1) is 10.2 Å². The second-order valence-corrected chi connectivity index (χ2v) is 13.3. The third kappa shape index (κ3) is 5.74. The topological polar surface area (TPSA) is 125 Å². The van der Waals surface area contributed by atoms with E-state index in [2.05, 4.69) is 21.6 Å². The lowest BCUT2D eigenvalue weighted by atomic mass is 9.69. The molecule has 1 aliphatic heterocycles. The van der Waals surface area contributed by atoms with Crippen LogP contribution < -0.4 is 16.0 Å². The zero-order chi connectivity index (χ0) is 28.6. The van der Waals surface area contributed by atoms with Crippen LogP contribution in [-0.2, 0) is 9.59 Å². The van der Waals surface area contributed by atoms with Crippen LogP contribution in [0.4, 0.5) is 10.8 Å². The molecule has 0 spiro atoms. The van der Waals surface area contributed by atoms with Gasteiger partial charge in [-0.05, 0) is 47.7 Å². The van der Waals surface area contributed by atoms with Crippen molar-refractivity contribution in [2.45, 2.75) is 36.9 Å². The van der Waals surface area contributed by atoms with Crippen LogP contribution in [-0.4, -0.2) is 27.6 Å². The van der Waals surface area contributed by atoms with Crippen LogP contribution in [0.1, 0.15) is 38.2 Å². The average molecular weight is 612 g/mol. The summed E-state index contributed by atoms with van der Waals surface area (Å²) in [6.45, 7) is 4.06. The minimum absolute atomic E-state index is 0.0433. The molecule has 1 atom stereocenters. The molecule has 2 aromatic carbocycles. The molecule has 12 heteroatoms. The summed E-state index contributed by atoms with van der Waals surface area (Å²) in [5.74, 6) is -0.592. The Hall–Kier alpha value is -3.36. The molecule has 1 aliphatic carbocycles. The highest BCUT2D eigenvalue weighted by molar-refractivity contribution is 8.01. The third-order valence-electron chi connectivity index (χ3n) is 6.59. The molecule has 40 heavy (non-hydrogen) atoms. The third-order valence-corrected chi connectivity index (χ3v) is 9.10. The quantitative estimate of drug-likeness (QED) is 0.302. The predicted molar refractivity (Wildman–Crippen MR) is 159 cm³/mol. The molecule has 1 unspecified atom stereocenters. The molecule has 5 rings (SSSR count). The van der Waals surface area contributed by atoms with Crippen molar-refractivity contribution in [1.82, 2.24) is 10.2 Å². The van der Waals surface area contributed by atoms with Crippen molar-refractivity contribution < 1.29 is 9.59 Å². The van der Waals surface area contributed by atoms with Gasteiger partial charge in [0, 0.05) is 33.4 Å². The Morgan fingerprint density at radius 2 is 1.93 bits per heavy atom. The molecule has 8 nitrogen and oxygen atoms in total. The van der Waals surface area contributed by atoms with Gasteiger partial charge in [-0.1, -0.05) is 78.3 Å². The molecular weight excluding hydrogens is 587 g/mol. The number of nitrogens with two attached hydrogens (primary N) is 1. The van der Waals surface area contributed by atoms with Gasteiger partial charge in [-0.2, -0.15) is 5.26 Å². The fourth-order valence-electron chi connectivity index (χ4n) is 4.99. The standard InChI is InChI=1S/C28H24Cl2N6O2S2/c1-28(2)11-20-24(21(37)12-28)23(15-5-3-6-16(29)9-15)19(13-31)25(32)36(20)26-34-35-27(40-26)39-14-22(38)33-18-8-4-7-17(30)10-18/h3-10,23H,11-12,14,32H2,1-2H3,(H,33,38). The number of carbonyl (C=O) groups excluding carboxylic acids is 2. The summed E-state index contributed by atoms with van der Waals surface area (Å²) in [4.78, 5) is 27.8. The number of aromatic nitrogens is 2. The molecule has 0 saturated heterocycles. The van der Waals surface area contributed by atoms with Crippen LogP contribution >= 0.6 is 46.3 Å². The van der Waals surface area contributed by atoms with E-state index in [9.17, 15) is 14.9 Å². The highest BCUT2D eigenvalue weighted by Crippen LogP contribution is 2.50. The molecule has 0 bridgehead atoms. The van der Waals surface area contributed by atoms with E-state index in [0.29, 0.717) is 49.3 Å². The molecule has 3 aromatic rings. The number of rotatable bonds is 6. The largest absolute Gasteiger partial charge is 0.384 e. The Balaban J connectivity index is 1.47. The number of carbonyl (C=O) groups is 2. The fraction of sp³-hybridized carbons (Fsp3) is 0.250. The Labute approximate surface area is 249 Å². The van der Waals surface area contributed by atoms with Gasteiger partial charge in [0.15, 0.2) is 10.1 Å². The van der Waals surface area contributed by atoms with Gasteiger partial charge in [0.25, 0.3) is 0 Å². The van der Waals surface area contributed by atoms with Crippen molar-refractivity contribution in [2.75, 3.05) is 16.0 Å². The minimum atomic E-state index is -0.629. The highest BCUT2D eigenvalue weighted by atomic mass is 35.5. The van der Waals surface area contributed by atoms with Crippen molar-refractivity contribution in [2.24, 2.45) is 11.1 Å². The van der Waals surface area contributed by atoms with E-state index in [1.54, 1.807) is 47.4 Å². The summed E-state index contributed by atoms with van der Waals surface area (Å²) in [5, 5.41) is 23.1. The van der Waals surface area contributed by atoms with E-state index in [-0.39, 0.29) is 34.3 Å². The van der Waals surface area contributed by atoms with E-state index >= 15 is 0 Å². The van der Waals surface area contributed by atoms with Crippen molar-refractivity contribution >= 4 is 68.8 Å². The molecule has 0 fully saturated rings. The molecular formula is C28H24Cl2N6O2S2. The van der Waals surface area contributed by atoms with Gasteiger partial charge in [0.2, 0.25) is 11.0 Å². The number of amides is 1. The summed E-state index contributed by atoms with van der Waals surface area (Å²) in [6, 6.07) is 16.3. The smallest absolute Gasteiger partial charge is 0.234 e. The molecule has 1 aromatic heterocycles. The van der Waals surface area contributed by atoms with Gasteiger partial charge < -0.3 is 11.1 Å². The maximum absolute atomic E-state index is 13.6. The van der Waals surface area contributed by atoms with Crippen molar-refractivity contribution in [3.05, 3.63) is 86.8 Å². The molecule has 2 heterocycles. The SMILES string of the molecule is CC1(C)CC(=O)C2=C(C1)N(c1nnc(SCC(=O)Nc3cccc(Cl)c3)s1)C(N)=C(C#N)C2c1cccc(Cl)c1. The number of allylic oxidation sites excluding steroid dienone is 3. The first-order chi connectivity index (χ1) is 19.1. The summed E-state index contributed by atoms with van der Waals surface area (Å²) in [5.41, 5.74) is 9.15. The predicted octanol–water partition coefficient (Wildman–Crippen LogP) is 6.52. The van der Waals surface area contributed by atoms with Crippen molar-refractivity contribution in [1.29, 1.82) is 5.26 Å². The molecule has 0 saturated carbocycles. The number of ketones is 1. The second kappa shape index (κ2) is 11.3. The van der Waals surface area contributed by atoms with Crippen LogP contribution in [0.25, 0.3) is 0 Å². The Kier molecular flexibility index (Phi) is 7.93. The summed E-state index contributed by atoms with van der Waals surface area (Å²) < 4.78 is 0.545. The number of benzene rings is 2. The lowest BCUT2D eigenvalue weighted by Crippen LogP contribution is -2.42. The van der Waals surface area contributed by atoms with E-state index in [1.807, 2.05) is 19.9 Å². The number of halogens is 2. The van der Waals surface area contributed by atoms with Gasteiger partial charge in [-0.25, -0.2) is 0 Å². The normalized spacial score (nSPS) is 18.4. The Bertz CT molecular complexity index is 1620. The number of thioether (sulfide) groups is 1. The van der Waals surface area contributed by atoms with Gasteiger partial charge in [-0.3, -0.25) is 14.5 Å². The Morgan fingerprint density at radius 3 is 2.62 bits per heavy atom.